The minimum atomic E-state index is 0.244. The molecule has 0 saturated heterocycles. The molecule has 1 fully saturated rings. The molecule has 2 atom stereocenters. The Labute approximate surface area is 86.5 Å². The van der Waals surface area contributed by atoms with Gasteiger partial charge in [-0.25, -0.2) is 0 Å². The molecule has 76 valence electrons. The van der Waals surface area contributed by atoms with E-state index in [1.54, 1.807) is 0 Å². The molecule has 0 radical (unpaired) electrons. The van der Waals surface area contributed by atoms with Gasteiger partial charge in [-0.3, -0.25) is 0 Å². The van der Waals surface area contributed by atoms with Crippen LogP contribution in [0.15, 0.2) is 30.3 Å². The molecule has 1 nitrogen and oxygen atoms in total. The lowest BCUT2D eigenvalue weighted by atomic mass is 10.1. The average molecular weight is 189 g/mol. The molecule has 1 aliphatic carbocycles. The van der Waals surface area contributed by atoms with Crippen molar-refractivity contribution < 1.29 is 0 Å². The third kappa shape index (κ3) is 2.36. The average Bonchev–Trinajstić information content (AvgIpc) is 2.82. The van der Waals surface area contributed by atoms with Crippen LogP contribution in [0.3, 0.4) is 0 Å². The highest BCUT2D eigenvalue weighted by Crippen LogP contribution is 2.41. The fourth-order valence-electron chi connectivity index (χ4n) is 1.98. The van der Waals surface area contributed by atoms with Crippen LogP contribution in [0.4, 0.5) is 0 Å². The van der Waals surface area contributed by atoms with Crippen molar-refractivity contribution in [3.05, 3.63) is 35.9 Å². The van der Waals surface area contributed by atoms with E-state index in [2.05, 4.69) is 56.4 Å². The van der Waals surface area contributed by atoms with E-state index in [0.29, 0.717) is 6.04 Å². The molecule has 0 amide bonds. The smallest absolute Gasteiger partial charge is 0.0148 e. The van der Waals surface area contributed by atoms with E-state index in [0.717, 1.165) is 5.92 Å². The lowest BCUT2D eigenvalue weighted by molar-refractivity contribution is 0.418. The standard InChI is InChI=1S/C13H19N/c1-13(2,3)14-12-9-11(12)10-7-5-4-6-8-10/h4-8,11-12,14H,9H2,1-3H3/t11-,12+/m1/s1. The summed E-state index contributed by atoms with van der Waals surface area (Å²) in [4.78, 5) is 0. The van der Waals surface area contributed by atoms with Gasteiger partial charge in [0, 0.05) is 17.5 Å². The molecule has 0 unspecified atom stereocenters. The maximum Gasteiger partial charge on any atom is 0.0148 e. The molecule has 0 aliphatic heterocycles. The van der Waals surface area contributed by atoms with Crippen LogP contribution in [-0.2, 0) is 0 Å². The van der Waals surface area contributed by atoms with E-state index in [9.17, 15) is 0 Å². The third-order valence-corrected chi connectivity index (χ3v) is 2.64. The summed E-state index contributed by atoms with van der Waals surface area (Å²) in [6.07, 6.45) is 1.29. The zero-order valence-electron chi connectivity index (χ0n) is 9.25. The normalized spacial score (nSPS) is 26.2. The zero-order chi connectivity index (χ0) is 10.2. The first kappa shape index (κ1) is 9.72. The van der Waals surface area contributed by atoms with Gasteiger partial charge in [-0.15, -0.1) is 0 Å². The van der Waals surface area contributed by atoms with Gasteiger partial charge in [-0.2, -0.15) is 0 Å². The highest BCUT2D eigenvalue weighted by atomic mass is 15.0. The van der Waals surface area contributed by atoms with Crippen LogP contribution in [0.25, 0.3) is 0 Å². The Morgan fingerprint density at radius 3 is 2.36 bits per heavy atom. The van der Waals surface area contributed by atoms with Gasteiger partial charge in [-0.1, -0.05) is 30.3 Å². The van der Waals surface area contributed by atoms with E-state index >= 15 is 0 Å². The SMILES string of the molecule is CC(C)(C)N[C@H]1C[C@@H]1c1ccccc1. The van der Waals surface area contributed by atoms with Gasteiger partial charge in [0.15, 0.2) is 0 Å². The summed E-state index contributed by atoms with van der Waals surface area (Å²) in [5.41, 5.74) is 1.73. The van der Waals surface area contributed by atoms with Crippen molar-refractivity contribution in [3.8, 4) is 0 Å². The summed E-state index contributed by atoms with van der Waals surface area (Å²) in [6, 6.07) is 11.5. The monoisotopic (exact) mass is 189 g/mol. The summed E-state index contributed by atoms with van der Waals surface area (Å²) in [5.74, 6) is 0.746. The Hall–Kier alpha value is -0.820. The van der Waals surface area contributed by atoms with Crippen molar-refractivity contribution in [2.75, 3.05) is 0 Å². The molecule has 0 heterocycles. The largest absolute Gasteiger partial charge is 0.309 e. The van der Waals surface area contributed by atoms with Crippen LogP contribution in [0.2, 0.25) is 0 Å². The van der Waals surface area contributed by atoms with E-state index in [1.165, 1.54) is 12.0 Å². The number of hydrogen-bond acceptors (Lipinski definition) is 1. The fraction of sp³-hybridized carbons (Fsp3) is 0.538. The third-order valence-electron chi connectivity index (χ3n) is 2.64. The predicted octanol–water partition coefficient (Wildman–Crippen LogP) is 2.93. The molecule has 1 N–H and O–H groups in total. The highest BCUT2D eigenvalue weighted by molar-refractivity contribution is 5.27. The van der Waals surface area contributed by atoms with E-state index < -0.39 is 0 Å². The second-order valence-corrected chi connectivity index (χ2v) is 5.25. The first-order valence-corrected chi connectivity index (χ1v) is 5.39. The van der Waals surface area contributed by atoms with E-state index in [4.69, 9.17) is 0 Å². The molecule has 14 heavy (non-hydrogen) atoms. The van der Waals surface area contributed by atoms with Crippen molar-refractivity contribution in [1.29, 1.82) is 0 Å². The van der Waals surface area contributed by atoms with Crippen LogP contribution in [0.5, 0.6) is 0 Å². The molecule has 1 aromatic rings. The molecule has 0 aromatic heterocycles. The predicted molar refractivity (Wildman–Crippen MR) is 60.5 cm³/mol. The Bertz CT molecular complexity index is 297. The zero-order valence-corrected chi connectivity index (χ0v) is 9.25. The summed E-state index contributed by atoms with van der Waals surface area (Å²) in [5, 5.41) is 3.64. The van der Waals surface area contributed by atoms with Crippen LogP contribution in [0.1, 0.15) is 38.7 Å². The van der Waals surface area contributed by atoms with Crippen LogP contribution in [-0.4, -0.2) is 11.6 Å². The number of benzene rings is 1. The van der Waals surface area contributed by atoms with Gasteiger partial charge in [0.1, 0.15) is 0 Å². The minimum Gasteiger partial charge on any atom is -0.309 e. The molecule has 1 aromatic carbocycles. The number of nitrogens with one attached hydrogen (secondary N) is 1. The van der Waals surface area contributed by atoms with E-state index in [1.807, 2.05) is 0 Å². The summed E-state index contributed by atoms with van der Waals surface area (Å²) >= 11 is 0. The molecule has 1 saturated carbocycles. The fourth-order valence-corrected chi connectivity index (χ4v) is 1.98. The van der Waals surface area contributed by atoms with Gasteiger partial charge < -0.3 is 5.32 Å². The van der Waals surface area contributed by atoms with Gasteiger partial charge in [0.05, 0.1) is 0 Å². The topological polar surface area (TPSA) is 12.0 Å². The van der Waals surface area contributed by atoms with Crippen molar-refractivity contribution in [3.63, 3.8) is 0 Å². The summed E-state index contributed by atoms with van der Waals surface area (Å²) < 4.78 is 0. The second kappa shape index (κ2) is 3.39. The minimum absolute atomic E-state index is 0.244. The van der Waals surface area contributed by atoms with Gasteiger partial charge in [0.2, 0.25) is 0 Å². The molecular weight excluding hydrogens is 170 g/mol. The van der Waals surface area contributed by atoms with Crippen LogP contribution in [0, 0.1) is 0 Å². The maximum atomic E-state index is 3.64. The maximum absolute atomic E-state index is 3.64. The van der Waals surface area contributed by atoms with Gasteiger partial charge in [0.25, 0.3) is 0 Å². The Morgan fingerprint density at radius 2 is 1.79 bits per heavy atom. The Balaban J connectivity index is 1.94. The Morgan fingerprint density at radius 1 is 1.14 bits per heavy atom. The summed E-state index contributed by atoms with van der Waals surface area (Å²) in [6.45, 7) is 6.69. The van der Waals surface area contributed by atoms with Gasteiger partial charge >= 0.3 is 0 Å². The molecule has 2 rings (SSSR count). The molecule has 1 aliphatic rings. The molecule has 0 spiro atoms. The molecule has 1 heteroatoms. The molecule has 0 bridgehead atoms. The lowest BCUT2D eigenvalue weighted by Crippen LogP contribution is -2.38. The number of hydrogen-bond donors (Lipinski definition) is 1. The molecular formula is C13H19N. The second-order valence-electron chi connectivity index (χ2n) is 5.25. The van der Waals surface area contributed by atoms with Crippen molar-refractivity contribution >= 4 is 0 Å². The van der Waals surface area contributed by atoms with Crippen molar-refractivity contribution in [1.82, 2.24) is 5.32 Å². The first-order chi connectivity index (χ1) is 6.56. The Kier molecular flexibility index (Phi) is 2.36. The number of rotatable bonds is 2. The first-order valence-electron chi connectivity index (χ1n) is 5.39. The summed E-state index contributed by atoms with van der Waals surface area (Å²) in [7, 11) is 0. The van der Waals surface area contributed by atoms with Crippen molar-refractivity contribution in [2.24, 2.45) is 0 Å². The highest BCUT2D eigenvalue weighted by Gasteiger charge is 2.39. The van der Waals surface area contributed by atoms with Crippen molar-refractivity contribution in [2.45, 2.75) is 44.7 Å². The van der Waals surface area contributed by atoms with E-state index in [-0.39, 0.29) is 5.54 Å². The lowest BCUT2D eigenvalue weighted by Gasteiger charge is -2.20. The van der Waals surface area contributed by atoms with Crippen LogP contribution >= 0.6 is 0 Å². The quantitative estimate of drug-likeness (QED) is 0.754. The van der Waals surface area contributed by atoms with Crippen LogP contribution < -0.4 is 5.32 Å². The van der Waals surface area contributed by atoms with Gasteiger partial charge in [-0.05, 0) is 32.8 Å².